The van der Waals surface area contributed by atoms with Gasteiger partial charge in [-0.15, -0.1) is 0 Å². The van der Waals surface area contributed by atoms with E-state index in [2.05, 4.69) is 0 Å². The molecule has 0 bridgehead atoms. The predicted octanol–water partition coefficient (Wildman–Crippen LogP) is -2.18. The Labute approximate surface area is 77.5 Å². The normalized spacial score (nSPS) is 12.3. The lowest BCUT2D eigenvalue weighted by molar-refractivity contribution is 0.166. The summed E-state index contributed by atoms with van der Waals surface area (Å²) in [6, 6.07) is 0. The molecule has 0 aliphatic rings. The topological polar surface area (TPSA) is 101 Å². The van der Waals surface area contributed by atoms with Crippen LogP contribution in [0.1, 0.15) is 0 Å². The number of aliphatic hydroxyl groups excluding tert-OH is 2. The van der Waals surface area contributed by atoms with Gasteiger partial charge in [0.05, 0.1) is 29.1 Å². The lowest BCUT2D eigenvalue weighted by atomic mass is 10.5. The summed E-state index contributed by atoms with van der Waals surface area (Å²) < 4.78 is 30.7. The summed E-state index contributed by atoms with van der Waals surface area (Å²) in [5.74, 6) is -0.493. The molecule has 0 saturated carbocycles. The number of aliphatic hydroxyl groups is 2. The third-order valence-corrected chi connectivity index (χ3v) is 2.17. The quantitative estimate of drug-likeness (QED) is 0.465. The summed E-state index contributed by atoms with van der Waals surface area (Å²) in [5.41, 5.74) is 0. The first kappa shape index (κ1) is 12.8. The zero-order chi connectivity index (χ0) is 10.3. The minimum atomic E-state index is -4.21. The monoisotopic (exact) mass is 212 g/mol. The number of hydrogen-bond donors (Lipinski definition) is 2. The van der Waals surface area contributed by atoms with Crippen LogP contribution in [0.2, 0.25) is 0 Å². The van der Waals surface area contributed by atoms with Crippen molar-refractivity contribution in [2.75, 3.05) is 38.6 Å². The van der Waals surface area contributed by atoms with Gasteiger partial charge in [-0.25, -0.2) is 8.42 Å². The molecular weight excluding hydrogens is 198 g/mol. The van der Waals surface area contributed by atoms with Gasteiger partial charge in [-0.2, -0.15) is 0 Å². The number of hydrogen-bond acceptors (Lipinski definition) is 6. The Morgan fingerprint density at radius 1 is 1.08 bits per heavy atom. The lowest BCUT2D eigenvalue weighted by Gasteiger charge is -2.20. The second kappa shape index (κ2) is 6.28. The summed E-state index contributed by atoms with van der Waals surface area (Å²) >= 11 is 0. The second-order valence-corrected chi connectivity index (χ2v) is 4.07. The van der Waals surface area contributed by atoms with Crippen LogP contribution in [0.15, 0.2) is 0 Å². The van der Waals surface area contributed by atoms with E-state index in [1.165, 1.54) is 4.90 Å². The van der Waals surface area contributed by atoms with Gasteiger partial charge in [-0.1, -0.05) is 0 Å². The Morgan fingerprint density at radius 2 is 1.54 bits per heavy atom. The average molecular weight is 212 g/mol. The Balaban J connectivity index is 3.81. The highest BCUT2D eigenvalue weighted by molar-refractivity contribution is 7.85. The molecular formula is C6H14NO5S-. The minimum Gasteiger partial charge on any atom is -0.748 e. The van der Waals surface area contributed by atoms with E-state index in [1.54, 1.807) is 0 Å². The fourth-order valence-corrected chi connectivity index (χ4v) is 1.34. The van der Waals surface area contributed by atoms with Gasteiger partial charge < -0.3 is 14.8 Å². The molecule has 0 atom stereocenters. The maximum atomic E-state index is 10.2. The van der Waals surface area contributed by atoms with Crippen molar-refractivity contribution in [2.24, 2.45) is 0 Å². The predicted molar refractivity (Wildman–Crippen MR) is 45.2 cm³/mol. The first-order chi connectivity index (χ1) is 5.99. The van der Waals surface area contributed by atoms with Crippen LogP contribution in [0.4, 0.5) is 0 Å². The highest BCUT2D eigenvalue weighted by Gasteiger charge is 2.04. The maximum absolute atomic E-state index is 10.2. The van der Waals surface area contributed by atoms with Crippen LogP contribution in [0.5, 0.6) is 0 Å². The molecule has 0 saturated heterocycles. The van der Waals surface area contributed by atoms with Crippen LogP contribution in [0.3, 0.4) is 0 Å². The molecule has 0 aliphatic carbocycles. The first-order valence-corrected chi connectivity index (χ1v) is 5.45. The summed E-state index contributed by atoms with van der Waals surface area (Å²) in [6.45, 7) is 0.316. The van der Waals surface area contributed by atoms with Crippen molar-refractivity contribution in [3.8, 4) is 0 Å². The molecule has 0 fully saturated rings. The van der Waals surface area contributed by atoms with Crippen LogP contribution in [0, 0.1) is 0 Å². The molecule has 7 heteroatoms. The van der Waals surface area contributed by atoms with Crippen LogP contribution < -0.4 is 0 Å². The zero-order valence-corrected chi connectivity index (χ0v) is 8.03. The van der Waals surface area contributed by atoms with Crippen molar-refractivity contribution in [2.45, 2.75) is 0 Å². The fourth-order valence-electron chi connectivity index (χ4n) is 0.859. The molecule has 2 N–H and O–H groups in total. The molecule has 0 rings (SSSR count). The maximum Gasteiger partial charge on any atom is 0.0958 e. The van der Waals surface area contributed by atoms with E-state index in [0.717, 1.165) is 0 Å². The van der Waals surface area contributed by atoms with E-state index < -0.39 is 15.9 Å². The van der Waals surface area contributed by atoms with Crippen molar-refractivity contribution in [3.63, 3.8) is 0 Å². The van der Waals surface area contributed by atoms with Crippen LogP contribution >= 0.6 is 0 Å². The Morgan fingerprint density at radius 3 is 1.85 bits per heavy atom. The van der Waals surface area contributed by atoms with Crippen LogP contribution in [-0.4, -0.2) is 66.7 Å². The van der Waals surface area contributed by atoms with Crippen LogP contribution in [0.25, 0.3) is 0 Å². The second-order valence-electron chi connectivity index (χ2n) is 2.55. The largest absolute Gasteiger partial charge is 0.748 e. The molecule has 0 radical (unpaired) electrons. The Kier molecular flexibility index (Phi) is 6.17. The van der Waals surface area contributed by atoms with E-state index in [4.69, 9.17) is 10.2 Å². The summed E-state index contributed by atoms with van der Waals surface area (Å²) in [7, 11) is -4.21. The molecule has 6 nitrogen and oxygen atoms in total. The molecule has 13 heavy (non-hydrogen) atoms. The van der Waals surface area contributed by atoms with Gasteiger partial charge in [0, 0.05) is 19.6 Å². The minimum absolute atomic E-state index is 0.0486. The van der Waals surface area contributed by atoms with Gasteiger partial charge in [0.15, 0.2) is 0 Å². The molecule has 80 valence electrons. The van der Waals surface area contributed by atoms with Crippen molar-refractivity contribution in [1.82, 2.24) is 4.90 Å². The molecule has 0 aliphatic heterocycles. The Bertz CT molecular complexity index is 209. The van der Waals surface area contributed by atoms with Crippen LogP contribution in [-0.2, 0) is 10.1 Å². The molecule has 0 unspecified atom stereocenters. The van der Waals surface area contributed by atoms with Crippen molar-refractivity contribution in [3.05, 3.63) is 0 Å². The van der Waals surface area contributed by atoms with E-state index in [1.807, 2.05) is 0 Å². The third kappa shape index (κ3) is 8.13. The summed E-state index contributed by atoms with van der Waals surface area (Å²) in [6.07, 6.45) is 0. The van der Waals surface area contributed by atoms with Gasteiger partial charge in [-0.3, -0.25) is 4.90 Å². The van der Waals surface area contributed by atoms with Crippen molar-refractivity contribution in [1.29, 1.82) is 0 Å². The SMILES string of the molecule is O=S(=O)([O-])CCN(CCO)CCO. The third-order valence-electron chi connectivity index (χ3n) is 1.49. The lowest BCUT2D eigenvalue weighted by Crippen LogP contribution is -2.34. The highest BCUT2D eigenvalue weighted by atomic mass is 32.2. The zero-order valence-electron chi connectivity index (χ0n) is 7.22. The molecule has 0 heterocycles. The van der Waals surface area contributed by atoms with Gasteiger partial charge in [-0.05, 0) is 0 Å². The van der Waals surface area contributed by atoms with Gasteiger partial charge in [0.2, 0.25) is 0 Å². The van der Waals surface area contributed by atoms with Gasteiger partial charge in [0.1, 0.15) is 0 Å². The standard InChI is InChI=1S/C6H15NO5S/c8-4-1-7(2-5-9)3-6-13(10,11)12/h8-9H,1-6H2,(H,10,11,12)/p-1. The summed E-state index contributed by atoms with van der Waals surface area (Å²) in [5, 5.41) is 17.1. The first-order valence-electron chi connectivity index (χ1n) is 3.87. The highest BCUT2D eigenvalue weighted by Crippen LogP contribution is 1.90. The molecule has 0 amide bonds. The fraction of sp³-hybridized carbons (Fsp3) is 1.00. The smallest absolute Gasteiger partial charge is 0.0958 e. The Hall–Kier alpha value is -0.210. The molecule has 0 spiro atoms. The van der Waals surface area contributed by atoms with Gasteiger partial charge in [0.25, 0.3) is 0 Å². The molecule has 0 aromatic carbocycles. The van der Waals surface area contributed by atoms with E-state index >= 15 is 0 Å². The average Bonchev–Trinajstić information content (AvgIpc) is 2.00. The van der Waals surface area contributed by atoms with E-state index in [-0.39, 0.29) is 32.8 Å². The molecule has 0 aromatic heterocycles. The number of nitrogens with zero attached hydrogens (tertiary/aromatic N) is 1. The number of rotatable bonds is 7. The van der Waals surface area contributed by atoms with E-state index in [0.29, 0.717) is 0 Å². The summed E-state index contributed by atoms with van der Waals surface area (Å²) in [4.78, 5) is 1.51. The molecule has 0 aromatic rings. The van der Waals surface area contributed by atoms with Crippen molar-refractivity contribution < 1.29 is 23.2 Å². The van der Waals surface area contributed by atoms with E-state index in [9.17, 15) is 13.0 Å². The van der Waals surface area contributed by atoms with Crippen molar-refractivity contribution >= 4 is 10.1 Å². The van der Waals surface area contributed by atoms with Gasteiger partial charge >= 0.3 is 0 Å².